The Hall–Kier alpha value is -1.09. The van der Waals surface area contributed by atoms with E-state index in [0.29, 0.717) is 10.9 Å². The predicted octanol–water partition coefficient (Wildman–Crippen LogP) is 4.30. The van der Waals surface area contributed by atoms with Crippen LogP contribution in [0.25, 0.3) is 0 Å². The van der Waals surface area contributed by atoms with Crippen LogP contribution in [0.2, 0.25) is 5.02 Å². The number of nitro benzene ring substituents is 1. The predicted molar refractivity (Wildman–Crippen MR) is 63.9 cm³/mol. The lowest BCUT2D eigenvalue weighted by Crippen LogP contribution is -2.05. The Morgan fingerprint density at radius 3 is 2.50 bits per heavy atom. The fourth-order valence-corrected chi connectivity index (χ4v) is 2.70. The molecule has 1 aliphatic carbocycles. The summed E-state index contributed by atoms with van der Waals surface area (Å²) in [7, 11) is 0. The van der Waals surface area contributed by atoms with Crippen molar-refractivity contribution in [2.75, 3.05) is 0 Å². The Morgan fingerprint density at radius 2 is 1.94 bits per heavy atom. The minimum absolute atomic E-state index is 0.0737. The van der Waals surface area contributed by atoms with Crippen LogP contribution in [0.1, 0.15) is 43.6 Å². The second-order valence-electron chi connectivity index (χ2n) is 4.30. The lowest BCUT2D eigenvalue weighted by atomic mass is 9.84. The van der Waals surface area contributed by atoms with Gasteiger partial charge in [0, 0.05) is 12.1 Å². The van der Waals surface area contributed by atoms with Crippen LogP contribution in [-0.4, -0.2) is 4.92 Å². The van der Waals surface area contributed by atoms with Crippen LogP contribution in [0.5, 0.6) is 0 Å². The first kappa shape index (κ1) is 11.4. The number of halogens is 1. The number of rotatable bonds is 2. The van der Waals surface area contributed by atoms with E-state index in [9.17, 15) is 10.1 Å². The fraction of sp³-hybridized carbons (Fsp3) is 0.500. The zero-order chi connectivity index (χ0) is 11.5. The summed E-state index contributed by atoms with van der Waals surface area (Å²) in [6.07, 6.45) is 6.06. The molecule has 86 valence electrons. The molecule has 0 bridgehead atoms. The molecule has 0 N–H and O–H groups in total. The van der Waals surface area contributed by atoms with E-state index in [0.717, 1.165) is 18.4 Å². The van der Waals surface area contributed by atoms with Crippen molar-refractivity contribution in [1.29, 1.82) is 0 Å². The summed E-state index contributed by atoms with van der Waals surface area (Å²) in [6.45, 7) is 0. The molecule has 1 fully saturated rings. The van der Waals surface area contributed by atoms with Crippen LogP contribution < -0.4 is 0 Å². The van der Waals surface area contributed by atoms with Crippen molar-refractivity contribution in [3.63, 3.8) is 0 Å². The summed E-state index contributed by atoms with van der Waals surface area (Å²) in [6, 6.07) is 4.83. The second-order valence-corrected chi connectivity index (χ2v) is 4.71. The van der Waals surface area contributed by atoms with Gasteiger partial charge >= 0.3 is 0 Å². The number of hydrogen-bond acceptors (Lipinski definition) is 2. The highest BCUT2D eigenvalue weighted by molar-refractivity contribution is 6.31. The van der Waals surface area contributed by atoms with Crippen LogP contribution in [0.15, 0.2) is 18.2 Å². The molecule has 1 aliphatic rings. The normalized spacial score (nSPS) is 17.3. The molecule has 0 saturated heterocycles. The third kappa shape index (κ3) is 2.35. The molecule has 0 aliphatic heterocycles. The molecular weight excluding hydrogens is 226 g/mol. The quantitative estimate of drug-likeness (QED) is 0.571. The summed E-state index contributed by atoms with van der Waals surface area (Å²) in [5, 5.41) is 11.1. The highest BCUT2D eigenvalue weighted by atomic mass is 35.5. The van der Waals surface area contributed by atoms with Gasteiger partial charge in [-0.1, -0.05) is 36.9 Å². The maximum Gasteiger partial charge on any atom is 0.270 e. The van der Waals surface area contributed by atoms with Crippen molar-refractivity contribution in [2.45, 2.75) is 38.0 Å². The minimum Gasteiger partial charge on any atom is -0.258 e. The smallest absolute Gasteiger partial charge is 0.258 e. The van der Waals surface area contributed by atoms with Crippen molar-refractivity contribution < 1.29 is 4.92 Å². The minimum atomic E-state index is -0.406. The van der Waals surface area contributed by atoms with Crippen LogP contribution in [0.4, 0.5) is 5.69 Å². The van der Waals surface area contributed by atoms with E-state index < -0.39 is 4.92 Å². The number of non-ortho nitro benzene ring substituents is 1. The van der Waals surface area contributed by atoms with Gasteiger partial charge in [-0.05, 0) is 24.3 Å². The molecule has 2 rings (SSSR count). The van der Waals surface area contributed by atoms with Gasteiger partial charge in [-0.2, -0.15) is 0 Å². The highest BCUT2D eigenvalue weighted by Gasteiger charge is 2.19. The van der Waals surface area contributed by atoms with Crippen LogP contribution in [-0.2, 0) is 0 Å². The average Bonchev–Trinajstić information content (AvgIpc) is 2.30. The molecule has 0 amide bonds. The van der Waals surface area contributed by atoms with E-state index in [1.54, 1.807) is 6.07 Å². The molecule has 16 heavy (non-hydrogen) atoms. The van der Waals surface area contributed by atoms with Crippen molar-refractivity contribution in [3.8, 4) is 0 Å². The van der Waals surface area contributed by atoms with Gasteiger partial charge in [-0.3, -0.25) is 10.1 Å². The molecule has 0 spiro atoms. The van der Waals surface area contributed by atoms with Gasteiger partial charge in [-0.25, -0.2) is 0 Å². The first-order chi connectivity index (χ1) is 7.68. The molecule has 1 aromatic carbocycles. The zero-order valence-corrected chi connectivity index (χ0v) is 9.74. The standard InChI is InChI=1S/C12H14ClNO2/c13-12-8-10(14(15)16)6-7-11(12)9-4-2-1-3-5-9/h6-9H,1-5H2. The first-order valence-corrected chi connectivity index (χ1v) is 6.00. The summed E-state index contributed by atoms with van der Waals surface area (Å²) in [5.41, 5.74) is 1.15. The van der Waals surface area contributed by atoms with Crippen molar-refractivity contribution >= 4 is 17.3 Å². The molecule has 3 nitrogen and oxygen atoms in total. The first-order valence-electron chi connectivity index (χ1n) is 5.62. The van der Waals surface area contributed by atoms with Gasteiger partial charge in [0.1, 0.15) is 0 Å². The van der Waals surface area contributed by atoms with Crippen molar-refractivity contribution in [3.05, 3.63) is 38.9 Å². The number of benzene rings is 1. The van der Waals surface area contributed by atoms with E-state index in [4.69, 9.17) is 11.6 Å². The molecular formula is C12H14ClNO2. The van der Waals surface area contributed by atoms with Gasteiger partial charge in [0.25, 0.3) is 5.69 Å². The molecule has 0 aromatic heterocycles. The molecule has 0 radical (unpaired) electrons. The Kier molecular flexibility index (Phi) is 3.44. The van der Waals surface area contributed by atoms with E-state index in [-0.39, 0.29) is 5.69 Å². The Bertz CT molecular complexity index is 400. The van der Waals surface area contributed by atoms with E-state index in [1.165, 1.54) is 25.3 Å². The third-order valence-corrected chi connectivity index (χ3v) is 3.57. The second kappa shape index (κ2) is 4.83. The third-order valence-electron chi connectivity index (χ3n) is 3.24. The summed E-state index contributed by atoms with van der Waals surface area (Å²) >= 11 is 6.10. The molecule has 0 heterocycles. The van der Waals surface area contributed by atoms with Gasteiger partial charge in [0.15, 0.2) is 0 Å². The molecule has 4 heteroatoms. The SMILES string of the molecule is O=[N+]([O-])c1ccc(C2CCCCC2)c(Cl)c1. The van der Waals surface area contributed by atoms with E-state index in [2.05, 4.69) is 0 Å². The maximum atomic E-state index is 10.6. The number of hydrogen-bond donors (Lipinski definition) is 0. The Labute approximate surface area is 99.6 Å². The van der Waals surface area contributed by atoms with Gasteiger partial charge in [-0.15, -0.1) is 0 Å². The van der Waals surface area contributed by atoms with Crippen LogP contribution in [0.3, 0.4) is 0 Å². The summed E-state index contributed by atoms with van der Waals surface area (Å²) in [5.74, 6) is 0.488. The topological polar surface area (TPSA) is 43.1 Å². The Morgan fingerprint density at radius 1 is 1.25 bits per heavy atom. The molecule has 1 saturated carbocycles. The zero-order valence-electron chi connectivity index (χ0n) is 8.99. The van der Waals surface area contributed by atoms with E-state index in [1.807, 2.05) is 6.07 Å². The molecule has 1 aromatic rings. The molecule has 0 atom stereocenters. The number of nitrogens with zero attached hydrogens (tertiary/aromatic N) is 1. The lowest BCUT2D eigenvalue weighted by Gasteiger charge is -2.22. The summed E-state index contributed by atoms with van der Waals surface area (Å²) in [4.78, 5) is 10.2. The molecule has 0 unspecified atom stereocenters. The maximum absolute atomic E-state index is 10.6. The monoisotopic (exact) mass is 239 g/mol. The average molecular weight is 240 g/mol. The van der Waals surface area contributed by atoms with Gasteiger partial charge in [0.05, 0.1) is 9.95 Å². The largest absolute Gasteiger partial charge is 0.270 e. The van der Waals surface area contributed by atoms with Crippen LogP contribution in [0, 0.1) is 10.1 Å². The van der Waals surface area contributed by atoms with Gasteiger partial charge in [0.2, 0.25) is 0 Å². The van der Waals surface area contributed by atoms with Crippen LogP contribution >= 0.6 is 11.6 Å². The Balaban J connectivity index is 2.24. The fourth-order valence-electron chi connectivity index (χ4n) is 2.37. The number of nitro groups is 1. The van der Waals surface area contributed by atoms with Crippen molar-refractivity contribution in [2.24, 2.45) is 0 Å². The van der Waals surface area contributed by atoms with Crippen molar-refractivity contribution in [1.82, 2.24) is 0 Å². The highest BCUT2D eigenvalue weighted by Crippen LogP contribution is 2.37. The van der Waals surface area contributed by atoms with E-state index >= 15 is 0 Å². The summed E-state index contributed by atoms with van der Waals surface area (Å²) < 4.78 is 0. The van der Waals surface area contributed by atoms with Gasteiger partial charge < -0.3 is 0 Å². The lowest BCUT2D eigenvalue weighted by molar-refractivity contribution is -0.384.